The van der Waals surface area contributed by atoms with Gasteiger partial charge in [-0.2, -0.15) is 0 Å². The van der Waals surface area contributed by atoms with Crippen LogP contribution in [0.2, 0.25) is 5.02 Å². The van der Waals surface area contributed by atoms with Crippen LogP contribution in [0.4, 0.5) is 15.8 Å². The van der Waals surface area contributed by atoms with Crippen LogP contribution in [0.15, 0.2) is 55.0 Å². The molecule has 0 bridgehead atoms. The average molecular weight is 580 g/mol. The molecule has 0 saturated carbocycles. The minimum atomic E-state index is -0.492. The number of aromatic nitrogens is 1. The van der Waals surface area contributed by atoms with Crippen molar-refractivity contribution in [1.82, 2.24) is 14.8 Å². The van der Waals surface area contributed by atoms with Crippen molar-refractivity contribution in [2.24, 2.45) is 0 Å². The minimum Gasteiger partial charge on any atom is -0.507 e. The van der Waals surface area contributed by atoms with E-state index in [0.29, 0.717) is 34.4 Å². The quantitative estimate of drug-likeness (QED) is 0.321. The van der Waals surface area contributed by atoms with Crippen LogP contribution in [0, 0.1) is 12.7 Å². The number of nitrogens with zero attached hydrogens (tertiary/aromatic N) is 5. The summed E-state index contributed by atoms with van der Waals surface area (Å²) in [7, 11) is 3.69. The molecule has 0 atom stereocenters. The fraction of sp³-hybridized carbons (Fsp3) is 0.375. The highest BCUT2D eigenvalue weighted by Crippen LogP contribution is 2.42. The number of phenolic OH excluding ortho intramolecular Hbond substituents is 1. The molecular formula is C32H39ClFN5O2. The number of anilines is 2. The Hall–Kier alpha value is -3.62. The van der Waals surface area contributed by atoms with Crippen LogP contribution < -0.4 is 9.80 Å². The standard InChI is InChI=1S/C32H39ClFN5O2/c1-22-30(37-10-7-11-39(15-14-37)32(2,3)4)17-24(20-35-22)27-19-25(34)18-26(31(27)41)23-8-9-29(28(33)16-23)38(21-40)13-12-36(5)6/h8-9,12-13,16-21,41H,7,10-11,14-15H2,1-6H3/b13-12-. The van der Waals surface area contributed by atoms with Gasteiger partial charge in [0.15, 0.2) is 0 Å². The summed E-state index contributed by atoms with van der Waals surface area (Å²) >= 11 is 6.55. The number of benzene rings is 2. The monoisotopic (exact) mass is 579 g/mol. The molecule has 1 aliphatic heterocycles. The summed E-state index contributed by atoms with van der Waals surface area (Å²) in [5.74, 6) is -0.560. The summed E-state index contributed by atoms with van der Waals surface area (Å²) in [4.78, 5) is 24.3. The molecule has 1 aromatic heterocycles. The Kier molecular flexibility index (Phi) is 9.24. The van der Waals surface area contributed by atoms with Crippen molar-refractivity contribution in [3.8, 4) is 28.0 Å². The molecule has 1 fully saturated rings. The number of phenols is 1. The maximum absolute atomic E-state index is 15.0. The molecule has 9 heteroatoms. The van der Waals surface area contributed by atoms with E-state index in [1.54, 1.807) is 41.7 Å². The second-order valence-electron chi connectivity index (χ2n) is 11.6. The fourth-order valence-corrected chi connectivity index (χ4v) is 5.40. The molecule has 1 aliphatic rings. The predicted molar refractivity (Wildman–Crippen MR) is 166 cm³/mol. The number of rotatable bonds is 7. The number of hydrogen-bond acceptors (Lipinski definition) is 6. The largest absolute Gasteiger partial charge is 0.507 e. The van der Waals surface area contributed by atoms with E-state index >= 15 is 4.39 Å². The Morgan fingerprint density at radius 1 is 1.00 bits per heavy atom. The van der Waals surface area contributed by atoms with Crippen molar-refractivity contribution in [3.63, 3.8) is 0 Å². The minimum absolute atomic E-state index is 0.0682. The summed E-state index contributed by atoms with van der Waals surface area (Å²) in [6, 6.07) is 9.59. The second kappa shape index (κ2) is 12.5. The van der Waals surface area contributed by atoms with Crippen molar-refractivity contribution >= 4 is 29.4 Å². The summed E-state index contributed by atoms with van der Waals surface area (Å²) in [6.07, 6.45) is 6.68. The van der Waals surface area contributed by atoms with E-state index in [1.807, 2.05) is 27.1 Å². The maximum atomic E-state index is 15.0. The van der Waals surface area contributed by atoms with Crippen LogP contribution in [0.3, 0.4) is 0 Å². The number of carbonyl (C=O) groups is 1. The summed E-state index contributed by atoms with van der Waals surface area (Å²) in [5.41, 5.74) is 4.24. The smallest absolute Gasteiger partial charge is 0.218 e. The number of pyridine rings is 1. The van der Waals surface area contributed by atoms with Crippen molar-refractivity contribution < 1.29 is 14.3 Å². The van der Waals surface area contributed by atoms with Gasteiger partial charge in [-0.05, 0) is 70.0 Å². The van der Waals surface area contributed by atoms with E-state index in [-0.39, 0.29) is 16.3 Å². The second-order valence-corrected chi connectivity index (χ2v) is 12.0. The highest BCUT2D eigenvalue weighted by atomic mass is 35.5. The third-order valence-electron chi connectivity index (χ3n) is 7.41. The molecule has 0 aliphatic carbocycles. The molecule has 0 unspecified atom stereocenters. The third-order valence-corrected chi connectivity index (χ3v) is 7.71. The Labute approximate surface area is 247 Å². The van der Waals surface area contributed by atoms with Crippen LogP contribution in [0.25, 0.3) is 22.3 Å². The molecule has 7 nitrogen and oxygen atoms in total. The zero-order valence-electron chi connectivity index (χ0n) is 24.7. The lowest BCUT2D eigenvalue weighted by molar-refractivity contribution is -0.106. The van der Waals surface area contributed by atoms with E-state index in [1.165, 1.54) is 17.0 Å². The van der Waals surface area contributed by atoms with Gasteiger partial charge in [-0.1, -0.05) is 17.7 Å². The van der Waals surface area contributed by atoms with E-state index in [9.17, 15) is 9.90 Å². The molecule has 41 heavy (non-hydrogen) atoms. The van der Waals surface area contributed by atoms with Crippen LogP contribution in [0.1, 0.15) is 32.9 Å². The first-order chi connectivity index (χ1) is 19.4. The highest BCUT2D eigenvalue weighted by molar-refractivity contribution is 6.34. The van der Waals surface area contributed by atoms with Gasteiger partial charge in [-0.3, -0.25) is 19.6 Å². The lowest BCUT2D eigenvalue weighted by Gasteiger charge is -2.34. The predicted octanol–water partition coefficient (Wildman–Crippen LogP) is 6.53. The van der Waals surface area contributed by atoms with E-state index in [2.05, 4.69) is 35.6 Å². The maximum Gasteiger partial charge on any atom is 0.218 e. The van der Waals surface area contributed by atoms with Crippen molar-refractivity contribution in [2.75, 3.05) is 50.1 Å². The Balaban J connectivity index is 1.69. The highest BCUT2D eigenvalue weighted by Gasteiger charge is 2.25. The lowest BCUT2D eigenvalue weighted by Crippen LogP contribution is -2.43. The van der Waals surface area contributed by atoms with Crippen LogP contribution >= 0.6 is 11.6 Å². The lowest BCUT2D eigenvalue weighted by atomic mass is 9.97. The van der Waals surface area contributed by atoms with Crippen LogP contribution in [-0.4, -0.2) is 72.1 Å². The van der Waals surface area contributed by atoms with Crippen LogP contribution in [-0.2, 0) is 4.79 Å². The van der Waals surface area contributed by atoms with Crippen LogP contribution in [0.5, 0.6) is 5.75 Å². The van der Waals surface area contributed by atoms with Gasteiger partial charge in [0.25, 0.3) is 0 Å². The van der Waals surface area contributed by atoms with E-state index < -0.39 is 5.82 Å². The van der Waals surface area contributed by atoms with Crippen molar-refractivity contribution in [2.45, 2.75) is 39.7 Å². The molecular weight excluding hydrogens is 541 g/mol. The Morgan fingerprint density at radius 2 is 1.71 bits per heavy atom. The summed E-state index contributed by atoms with van der Waals surface area (Å²) < 4.78 is 15.0. The first kappa shape index (κ1) is 30.3. The first-order valence-corrected chi connectivity index (χ1v) is 14.1. The Bertz CT molecular complexity index is 1440. The molecule has 4 rings (SSSR count). The first-order valence-electron chi connectivity index (χ1n) is 13.8. The normalized spacial score (nSPS) is 14.8. The molecule has 0 radical (unpaired) electrons. The zero-order valence-corrected chi connectivity index (χ0v) is 25.4. The molecule has 1 amide bonds. The van der Waals surface area contributed by atoms with Gasteiger partial charge in [0.05, 0.1) is 22.1 Å². The number of aryl methyl sites for hydroxylation is 1. The van der Waals surface area contributed by atoms with Crippen molar-refractivity contribution in [3.05, 3.63) is 71.5 Å². The number of halogens is 2. The Morgan fingerprint density at radius 3 is 2.34 bits per heavy atom. The molecule has 1 N–H and O–H groups in total. The van der Waals surface area contributed by atoms with Gasteiger partial charge in [0.1, 0.15) is 11.6 Å². The van der Waals surface area contributed by atoms with Gasteiger partial charge in [0, 0.05) is 81.1 Å². The number of carbonyl (C=O) groups excluding carboxylic acids is 1. The van der Waals surface area contributed by atoms with Gasteiger partial charge in [0.2, 0.25) is 6.41 Å². The van der Waals surface area contributed by atoms with Crippen molar-refractivity contribution in [1.29, 1.82) is 0 Å². The average Bonchev–Trinajstić information content (AvgIpc) is 3.18. The zero-order chi connectivity index (χ0) is 29.9. The topological polar surface area (TPSA) is 63.2 Å². The fourth-order valence-electron chi connectivity index (χ4n) is 5.12. The summed E-state index contributed by atoms with van der Waals surface area (Å²) in [5, 5.41) is 11.7. The van der Waals surface area contributed by atoms with Gasteiger partial charge >= 0.3 is 0 Å². The van der Waals surface area contributed by atoms with Gasteiger partial charge in [-0.15, -0.1) is 0 Å². The summed E-state index contributed by atoms with van der Waals surface area (Å²) in [6.45, 7) is 12.4. The van der Waals surface area contributed by atoms with Gasteiger partial charge in [-0.25, -0.2) is 4.39 Å². The van der Waals surface area contributed by atoms with E-state index in [0.717, 1.165) is 44.0 Å². The third kappa shape index (κ3) is 7.00. The van der Waals surface area contributed by atoms with Gasteiger partial charge < -0.3 is 14.9 Å². The molecule has 1 saturated heterocycles. The van der Waals surface area contributed by atoms with E-state index in [4.69, 9.17) is 11.6 Å². The number of hydrogen-bond donors (Lipinski definition) is 1. The number of amides is 1. The molecule has 3 aromatic rings. The molecule has 2 aromatic carbocycles. The SMILES string of the molecule is Cc1ncc(-c2cc(F)cc(-c3ccc(N(C=O)/C=C\N(C)C)c(Cl)c3)c2O)cc1N1CCCN(C(C)(C)C)CC1. The molecule has 0 spiro atoms. The molecule has 218 valence electrons. The number of aromatic hydroxyl groups is 1. The molecule has 2 heterocycles.